The summed E-state index contributed by atoms with van der Waals surface area (Å²) >= 11 is 6.03. The van der Waals surface area contributed by atoms with Gasteiger partial charge < -0.3 is 20.1 Å². The first-order valence-electron chi connectivity index (χ1n) is 8.25. The van der Waals surface area contributed by atoms with E-state index in [-0.39, 0.29) is 6.04 Å². The van der Waals surface area contributed by atoms with E-state index < -0.39 is 0 Å². The smallest absolute Gasteiger partial charge is 0.191 e. The van der Waals surface area contributed by atoms with Crippen LogP contribution in [-0.4, -0.2) is 71.0 Å². The highest BCUT2D eigenvalue weighted by atomic mass is 35.5. The van der Waals surface area contributed by atoms with Crippen molar-refractivity contribution in [3.05, 3.63) is 34.9 Å². The fraction of sp³-hybridized carbons (Fsp3) is 0.588. The van der Waals surface area contributed by atoms with Gasteiger partial charge in [-0.25, -0.2) is 0 Å². The Hall–Kier alpha value is -1.34. The zero-order valence-corrected chi connectivity index (χ0v) is 15.2. The van der Waals surface area contributed by atoms with E-state index in [1.165, 1.54) is 5.56 Å². The fourth-order valence-corrected chi connectivity index (χ4v) is 2.84. The van der Waals surface area contributed by atoms with Gasteiger partial charge in [-0.15, -0.1) is 0 Å². The van der Waals surface area contributed by atoms with Gasteiger partial charge in [0.15, 0.2) is 5.96 Å². The second-order valence-electron chi connectivity index (χ2n) is 5.59. The molecule has 24 heavy (non-hydrogen) atoms. The molecule has 0 bridgehead atoms. The number of halogens is 1. The molecular formula is C17H27ClN4O2. The summed E-state index contributed by atoms with van der Waals surface area (Å²) in [6, 6.07) is 8.30. The molecule has 2 N–H and O–H groups in total. The van der Waals surface area contributed by atoms with Gasteiger partial charge in [-0.1, -0.05) is 23.7 Å². The summed E-state index contributed by atoms with van der Waals surface area (Å²) < 4.78 is 10.5. The van der Waals surface area contributed by atoms with Gasteiger partial charge >= 0.3 is 0 Å². The van der Waals surface area contributed by atoms with Crippen LogP contribution in [0.15, 0.2) is 29.3 Å². The Balaban J connectivity index is 2.01. The minimum absolute atomic E-state index is 0.243. The molecule has 0 spiro atoms. The molecule has 1 aliphatic rings. The van der Waals surface area contributed by atoms with Crippen molar-refractivity contribution in [3.8, 4) is 0 Å². The number of methoxy groups -OCH3 is 1. The molecule has 0 amide bonds. The third-order valence-electron chi connectivity index (χ3n) is 4.03. The summed E-state index contributed by atoms with van der Waals surface area (Å²) in [6.07, 6.45) is 0. The Bertz CT molecular complexity index is 504. The van der Waals surface area contributed by atoms with Gasteiger partial charge in [0.05, 0.1) is 25.9 Å². The number of rotatable bonds is 7. The molecule has 6 nitrogen and oxygen atoms in total. The van der Waals surface area contributed by atoms with Crippen LogP contribution in [-0.2, 0) is 9.47 Å². The van der Waals surface area contributed by atoms with Gasteiger partial charge in [0.2, 0.25) is 0 Å². The lowest BCUT2D eigenvalue weighted by Crippen LogP contribution is -2.46. The van der Waals surface area contributed by atoms with E-state index in [4.69, 9.17) is 21.1 Å². The highest BCUT2D eigenvalue weighted by Gasteiger charge is 2.22. The van der Waals surface area contributed by atoms with Gasteiger partial charge in [0, 0.05) is 45.4 Å². The lowest BCUT2D eigenvalue weighted by molar-refractivity contribution is 0.0170. The maximum atomic E-state index is 6.03. The first-order chi connectivity index (χ1) is 11.7. The maximum absolute atomic E-state index is 6.03. The number of ether oxygens (including phenoxy) is 2. The molecule has 134 valence electrons. The van der Waals surface area contributed by atoms with Crippen molar-refractivity contribution in [2.45, 2.75) is 6.04 Å². The van der Waals surface area contributed by atoms with Crippen LogP contribution in [0.3, 0.4) is 0 Å². The van der Waals surface area contributed by atoms with Crippen LogP contribution in [0.1, 0.15) is 11.6 Å². The monoisotopic (exact) mass is 354 g/mol. The zero-order chi connectivity index (χ0) is 17.2. The normalized spacial score (nSPS) is 17.5. The molecule has 1 fully saturated rings. The Morgan fingerprint density at radius 1 is 1.29 bits per heavy atom. The van der Waals surface area contributed by atoms with E-state index >= 15 is 0 Å². The van der Waals surface area contributed by atoms with Gasteiger partial charge in [-0.05, 0) is 17.7 Å². The van der Waals surface area contributed by atoms with Crippen molar-refractivity contribution in [2.24, 2.45) is 4.99 Å². The molecule has 0 aromatic heterocycles. The number of guanidine groups is 1. The Labute approximate surface area is 149 Å². The van der Waals surface area contributed by atoms with Crippen LogP contribution in [0, 0.1) is 0 Å². The van der Waals surface area contributed by atoms with Crippen molar-refractivity contribution in [3.63, 3.8) is 0 Å². The first kappa shape index (κ1) is 19.0. The third kappa shape index (κ3) is 5.94. The van der Waals surface area contributed by atoms with Crippen LogP contribution >= 0.6 is 11.6 Å². The highest BCUT2D eigenvalue weighted by molar-refractivity contribution is 6.30. The number of hydrogen-bond donors (Lipinski definition) is 2. The zero-order valence-electron chi connectivity index (χ0n) is 14.4. The van der Waals surface area contributed by atoms with Gasteiger partial charge in [-0.3, -0.25) is 9.89 Å². The number of morpholine rings is 1. The molecule has 0 radical (unpaired) electrons. The van der Waals surface area contributed by atoms with Crippen molar-refractivity contribution < 1.29 is 9.47 Å². The summed E-state index contributed by atoms with van der Waals surface area (Å²) in [5.74, 6) is 0.777. The Morgan fingerprint density at radius 3 is 2.62 bits per heavy atom. The van der Waals surface area contributed by atoms with Gasteiger partial charge in [0.1, 0.15) is 0 Å². The number of aliphatic imine (C=N–C) groups is 1. The first-order valence-corrected chi connectivity index (χ1v) is 8.63. The van der Waals surface area contributed by atoms with Gasteiger partial charge in [-0.2, -0.15) is 0 Å². The van der Waals surface area contributed by atoms with Crippen LogP contribution in [0.5, 0.6) is 0 Å². The molecule has 1 aliphatic heterocycles. The predicted molar refractivity (Wildman–Crippen MR) is 97.8 cm³/mol. The topological polar surface area (TPSA) is 58.1 Å². The largest absolute Gasteiger partial charge is 0.383 e. The van der Waals surface area contributed by atoms with Crippen LogP contribution in [0.25, 0.3) is 0 Å². The lowest BCUT2D eigenvalue weighted by atomic mass is 10.0. The van der Waals surface area contributed by atoms with Crippen molar-refractivity contribution in [1.29, 1.82) is 0 Å². The molecule has 1 saturated heterocycles. The summed E-state index contributed by atoms with van der Waals surface area (Å²) in [5, 5.41) is 7.40. The number of nitrogens with one attached hydrogen (secondary N) is 2. The molecule has 1 aromatic rings. The summed E-state index contributed by atoms with van der Waals surface area (Å²) in [5.41, 5.74) is 1.24. The number of benzene rings is 1. The number of nitrogens with zero attached hydrogens (tertiary/aromatic N) is 2. The predicted octanol–water partition coefficient (Wildman–Crippen LogP) is 1.52. The molecule has 2 rings (SSSR count). The molecule has 1 atom stereocenters. The molecule has 1 unspecified atom stereocenters. The molecule has 1 aromatic carbocycles. The van der Waals surface area contributed by atoms with E-state index in [1.54, 1.807) is 14.2 Å². The summed E-state index contributed by atoms with van der Waals surface area (Å²) in [4.78, 5) is 6.69. The van der Waals surface area contributed by atoms with Crippen molar-refractivity contribution in [1.82, 2.24) is 15.5 Å². The summed E-state index contributed by atoms with van der Waals surface area (Å²) in [6.45, 7) is 5.50. The van der Waals surface area contributed by atoms with Crippen molar-refractivity contribution in [2.75, 3.05) is 60.2 Å². The second kappa shape index (κ2) is 10.5. The van der Waals surface area contributed by atoms with Crippen LogP contribution in [0.2, 0.25) is 5.02 Å². The number of hydrogen-bond acceptors (Lipinski definition) is 4. The minimum Gasteiger partial charge on any atom is -0.383 e. The second-order valence-corrected chi connectivity index (χ2v) is 6.02. The van der Waals surface area contributed by atoms with Crippen LogP contribution < -0.4 is 10.6 Å². The minimum atomic E-state index is 0.243. The average Bonchev–Trinajstić information content (AvgIpc) is 2.63. The fourth-order valence-electron chi connectivity index (χ4n) is 2.72. The molecule has 1 heterocycles. The van der Waals surface area contributed by atoms with E-state index in [2.05, 4.69) is 32.7 Å². The van der Waals surface area contributed by atoms with E-state index in [1.807, 2.05) is 12.1 Å². The molecule has 0 saturated carbocycles. The SMILES string of the molecule is CN=C(NCCOC)NCC(c1ccc(Cl)cc1)N1CCOCC1. The maximum Gasteiger partial charge on any atom is 0.191 e. The standard InChI is InChI=1S/C17H27ClN4O2/c1-19-17(20-7-10-23-2)21-13-16(22-8-11-24-12-9-22)14-3-5-15(18)6-4-14/h3-6,16H,7-13H2,1-2H3,(H2,19,20,21). The third-order valence-corrected chi connectivity index (χ3v) is 4.28. The highest BCUT2D eigenvalue weighted by Crippen LogP contribution is 2.23. The lowest BCUT2D eigenvalue weighted by Gasteiger charge is -2.35. The molecule has 0 aliphatic carbocycles. The van der Waals surface area contributed by atoms with E-state index in [0.29, 0.717) is 6.61 Å². The van der Waals surface area contributed by atoms with E-state index in [0.717, 1.165) is 50.4 Å². The molecular weight excluding hydrogens is 328 g/mol. The Kier molecular flexibility index (Phi) is 8.32. The Morgan fingerprint density at radius 2 is 2.00 bits per heavy atom. The van der Waals surface area contributed by atoms with Crippen molar-refractivity contribution >= 4 is 17.6 Å². The summed E-state index contributed by atoms with van der Waals surface area (Å²) in [7, 11) is 3.46. The van der Waals surface area contributed by atoms with E-state index in [9.17, 15) is 0 Å². The quantitative estimate of drug-likeness (QED) is 0.442. The van der Waals surface area contributed by atoms with Gasteiger partial charge in [0.25, 0.3) is 0 Å². The average molecular weight is 355 g/mol. The molecule has 7 heteroatoms. The van der Waals surface area contributed by atoms with Crippen LogP contribution in [0.4, 0.5) is 0 Å².